The second-order valence-corrected chi connectivity index (χ2v) is 5.19. The van der Waals surface area contributed by atoms with E-state index in [0.29, 0.717) is 0 Å². The van der Waals surface area contributed by atoms with Gasteiger partial charge in [0.2, 0.25) is 0 Å². The van der Waals surface area contributed by atoms with Crippen LogP contribution in [-0.2, 0) is 4.79 Å². The largest absolute Gasteiger partial charge is 0.478 e. The van der Waals surface area contributed by atoms with Gasteiger partial charge in [-0.2, -0.15) is 0 Å². The van der Waals surface area contributed by atoms with Gasteiger partial charge in [0.15, 0.2) is 0 Å². The minimum atomic E-state index is -0.839. The van der Waals surface area contributed by atoms with Crippen molar-refractivity contribution in [3.8, 4) is 0 Å². The maximum absolute atomic E-state index is 10.2. The minimum absolute atomic E-state index is 0.839. The molecule has 0 radical (unpaired) electrons. The van der Waals surface area contributed by atoms with Crippen LogP contribution < -0.4 is 0 Å². The highest BCUT2D eigenvalue weighted by atomic mass is 79.9. The second-order valence-electron chi connectivity index (χ2n) is 4.40. The van der Waals surface area contributed by atoms with Gasteiger partial charge < -0.3 is 5.11 Å². The maximum atomic E-state index is 10.2. The third-order valence-corrected chi connectivity index (χ3v) is 3.33. The monoisotopic (exact) mass is 304 g/mol. The minimum Gasteiger partial charge on any atom is -0.478 e. The molecule has 0 saturated carbocycles. The van der Waals surface area contributed by atoms with Gasteiger partial charge in [-0.15, -0.1) is 0 Å². The molecule has 0 spiro atoms. The topological polar surface area (TPSA) is 37.3 Å². The van der Waals surface area contributed by atoms with E-state index < -0.39 is 5.97 Å². The third-order valence-electron chi connectivity index (χ3n) is 2.76. The standard InChI is InChI=1S/C14H25BrO2/c15-13-11-9-7-5-3-1-2-4-6-8-10-12-14(16)17/h10,12H,1-9,11,13H2,(H,16,17)/b12-10+. The molecule has 0 amide bonds. The van der Waals surface area contributed by atoms with Crippen LogP contribution in [0, 0.1) is 0 Å². The fraction of sp³-hybridized carbons (Fsp3) is 0.786. The lowest BCUT2D eigenvalue weighted by molar-refractivity contribution is -0.131. The number of carboxylic acid groups (broad SMARTS) is 1. The molecule has 0 atom stereocenters. The van der Waals surface area contributed by atoms with Crippen molar-refractivity contribution in [2.24, 2.45) is 0 Å². The summed E-state index contributed by atoms with van der Waals surface area (Å²) in [6.07, 6.45) is 15.6. The molecule has 100 valence electrons. The molecule has 17 heavy (non-hydrogen) atoms. The van der Waals surface area contributed by atoms with E-state index in [9.17, 15) is 4.79 Å². The van der Waals surface area contributed by atoms with E-state index >= 15 is 0 Å². The zero-order valence-electron chi connectivity index (χ0n) is 10.7. The van der Waals surface area contributed by atoms with Gasteiger partial charge in [-0.3, -0.25) is 0 Å². The number of halogens is 1. The number of rotatable bonds is 12. The molecule has 0 saturated heterocycles. The lowest BCUT2D eigenvalue weighted by atomic mass is 10.1. The Labute approximate surface area is 114 Å². The van der Waals surface area contributed by atoms with E-state index in [-0.39, 0.29) is 0 Å². The Bertz CT molecular complexity index is 202. The van der Waals surface area contributed by atoms with Crippen molar-refractivity contribution in [2.45, 2.75) is 64.2 Å². The predicted molar refractivity (Wildman–Crippen MR) is 76.7 cm³/mol. The molecule has 0 aromatic carbocycles. The number of carboxylic acids is 1. The van der Waals surface area contributed by atoms with Gasteiger partial charge in [-0.05, 0) is 19.3 Å². The molecule has 2 nitrogen and oxygen atoms in total. The molecular formula is C14H25BrO2. The van der Waals surface area contributed by atoms with Crippen LogP contribution in [0.4, 0.5) is 0 Å². The molecular weight excluding hydrogens is 280 g/mol. The average Bonchev–Trinajstić information content (AvgIpc) is 2.30. The SMILES string of the molecule is O=C(O)/C=C/CCCCCCCCCCCBr. The summed E-state index contributed by atoms with van der Waals surface area (Å²) >= 11 is 3.44. The highest BCUT2D eigenvalue weighted by Crippen LogP contribution is 2.11. The smallest absolute Gasteiger partial charge is 0.327 e. The van der Waals surface area contributed by atoms with Crippen LogP contribution in [-0.4, -0.2) is 16.4 Å². The first-order valence-corrected chi connectivity index (χ1v) is 7.85. The Balaban J connectivity index is 3.01. The van der Waals surface area contributed by atoms with Crippen molar-refractivity contribution >= 4 is 21.9 Å². The van der Waals surface area contributed by atoms with Crippen LogP contribution in [0.5, 0.6) is 0 Å². The molecule has 0 aliphatic carbocycles. The van der Waals surface area contributed by atoms with E-state index in [4.69, 9.17) is 5.11 Å². The number of aliphatic carboxylic acids is 1. The van der Waals surface area contributed by atoms with Crippen LogP contribution in [0.3, 0.4) is 0 Å². The predicted octanol–water partition coefficient (Wildman–Crippen LogP) is 4.92. The van der Waals surface area contributed by atoms with Crippen LogP contribution in [0.25, 0.3) is 0 Å². The summed E-state index contributed by atoms with van der Waals surface area (Å²) in [6.45, 7) is 0. The lowest BCUT2D eigenvalue weighted by Crippen LogP contribution is -1.86. The van der Waals surface area contributed by atoms with Gasteiger partial charge in [-0.25, -0.2) is 4.79 Å². The van der Waals surface area contributed by atoms with Gasteiger partial charge in [0.25, 0.3) is 0 Å². The van der Waals surface area contributed by atoms with Crippen LogP contribution in [0.1, 0.15) is 64.2 Å². The zero-order chi connectivity index (χ0) is 12.8. The Kier molecular flexibility index (Phi) is 13.5. The number of alkyl halides is 1. The zero-order valence-corrected chi connectivity index (χ0v) is 12.3. The first kappa shape index (κ1) is 16.7. The Morgan fingerprint density at radius 2 is 1.35 bits per heavy atom. The van der Waals surface area contributed by atoms with Crippen LogP contribution >= 0.6 is 15.9 Å². The van der Waals surface area contributed by atoms with E-state index in [1.807, 2.05) is 0 Å². The van der Waals surface area contributed by atoms with E-state index in [2.05, 4.69) is 15.9 Å². The summed E-state index contributed by atoms with van der Waals surface area (Å²) in [5.74, 6) is -0.839. The fourth-order valence-corrected chi connectivity index (χ4v) is 2.17. The van der Waals surface area contributed by atoms with Gasteiger partial charge in [0.1, 0.15) is 0 Å². The summed E-state index contributed by atoms with van der Waals surface area (Å²) in [4.78, 5) is 10.2. The number of carbonyl (C=O) groups is 1. The molecule has 0 unspecified atom stereocenters. The van der Waals surface area contributed by atoms with Crippen molar-refractivity contribution in [1.29, 1.82) is 0 Å². The highest BCUT2D eigenvalue weighted by Gasteiger charge is 1.92. The number of hydrogen-bond acceptors (Lipinski definition) is 1. The molecule has 0 aliphatic heterocycles. The molecule has 0 aromatic heterocycles. The second kappa shape index (κ2) is 13.8. The molecule has 0 fully saturated rings. The fourth-order valence-electron chi connectivity index (χ4n) is 1.78. The number of hydrogen-bond donors (Lipinski definition) is 1. The van der Waals surface area contributed by atoms with E-state index in [1.54, 1.807) is 6.08 Å². The summed E-state index contributed by atoms with van der Waals surface area (Å²) in [5, 5.41) is 9.52. The summed E-state index contributed by atoms with van der Waals surface area (Å²) < 4.78 is 0. The molecule has 0 heterocycles. The first-order chi connectivity index (χ1) is 8.27. The molecule has 0 aliphatic rings. The highest BCUT2D eigenvalue weighted by molar-refractivity contribution is 9.09. The van der Waals surface area contributed by atoms with Crippen LogP contribution in [0.2, 0.25) is 0 Å². The molecule has 1 N–H and O–H groups in total. The van der Waals surface area contributed by atoms with Crippen molar-refractivity contribution in [3.63, 3.8) is 0 Å². The van der Waals surface area contributed by atoms with Crippen molar-refractivity contribution < 1.29 is 9.90 Å². The first-order valence-electron chi connectivity index (χ1n) is 6.73. The van der Waals surface area contributed by atoms with E-state index in [1.165, 1.54) is 57.4 Å². The summed E-state index contributed by atoms with van der Waals surface area (Å²) in [6, 6.07) is 0. The lowest BCUT2D eigenvalue weighted by Gasteiger charge is -2.00. The van der Waals surface area contributed by atoms with Crippen molar-refractivity contribution in [3.05, 3.63) is 12.2 Å². The molecule has 0 aromatic rings. The Hall–Kier alpha value is -0.310. The van der Waals surface area contributed by atoms with Gasteiger partial charge in [0.05, 0.1) is 0 Å². The van der Waals surface area contributed by atoms with Crippen LogP contribution in [0.15, 0.2) is 12.2 Å². The Morgan fingerprint density at radius 3 is 1.82 bits per heavy atom. The summed E-state index contributed by atoms with van der Waals surface area (Å²) in [7, 11) is 0. The molecule has 3 heteroatoms. The molecule has 0 bridgehead atoms. The Morgan fingerprint density at radius 1 is 0.882 bits per heavy atom. The third kappa shape index (κ3) is 15.7. The van der Waals surface area contributed by atoms with Crippen molar-refractivity contribution in [1.82, 2.24) is 0 Å². The van der Waals surface area contributed by atoms with E-state index in [0.717, 1.165) is 18.2 Å². The van der Waals surface area contributed by atoms with Gasteiger partial charge >= 0.3 is 5.97 Å². The maximum Gasteiger partial charge on any atom is 0.327 e. The molecule has 0 rings (SSSR count). The number of allylic oxidation sites excluding steroid dienone is 1. The number of unbranched alkanes of at least 4 members (excludes halogenated alkanes) is 9. The van der Waals surface area contributed by atoms with Gasteiger partial charge in [0, 0.05) is 11.4 Å². The average molecular weight is 305 g/mol. The van der Waals surface area contributed by atoms with Crippen molar-refractivity contribution in [2.75, 3.05) is 5.33 Å². The summed E-state index contributed by atoms with van der Waals surface area (Å²) in [5.41, 5.74) is 0. The van der Waals surface area contributed by atoms with Gasteiger partial charge in [-0.1, -0.05) is 67.0 Å². The quantitative estimate of drug-likeness (QED) is 0.315. The normalized spacial score (nSPS) is 11.1.